The van der Waals surface area contributed by atoms with Gasteiger partial charge in [-0.25, -0.2) is 4.68 Å². The molecule has 3 aromatic rings. The summed E-state index contributed by atoms with van der Waals surface area (Å²) >= 11 is 6.42. The Morgan fingerprint density at radius 3 is 2.44 bits per heavy atom. The number of halogens is 1. The van der Waals surface area contributed by atoms with Gasteiger partial charge in [0, 0.05) is 18.0 Å². The van der Waals surface area contributed by atoms with Crippen molar-refractivity contribution in [2.45, 2.75) is 39.5 Å². The van der Waals surface area contributed by atoms with Crippen LogP contribution in [-0.4, -0.2) is 46.7 Å². The van der Waals surface area contributed by atoms with Crippen molar-refractivity contribution in [3.05, 3.63) is 70.9 Å². The molecule has 0 saturated heterocycles. The number of para-hydroxylation sites is 2. The van der Waals surface area contributed by atoms with Gasteiger partial charge in [0.1, 0.15) is 18.1 Å². The second-order valence-corrected chi connectivity index (χ2v) is 9.41. The summed E-state index contributed by atoms with van der Waals surface area (Å²) < 4.78 is 6.97. The predicted octanol–water partition coefficient (Wildman–Crippen LogP) is 5.32. The molecule has 0 aliphatic rings. The van der Waals surface area contributed by atoms with Crippen molar-refractivity contribution in [2.24, 2.45) is 0 Å². The Morgan fingerprint density at radius 1 is 1.12 bits per heavy atom. The molecule has 1 N–H and O–H groups in total. The molecule has 0 atom stereocenters. The first-order valence-electron chi connectivity index (χ1n) is 11.2. The Kier molecular flexibility index (Phi) is 7.99. The van der Waals surface area contributed by atoms with Crippen molar-refractivity contribution >= 4 is 29.2 Å². The number of rotatable bonds is 8. The Hall–Kier alpha value is -3.32. The number of hydrogen-bond donors (Lipinski definition) is 1. The first kappa shape index (κ1) is 25.3. The molecule has 2 aromatic carbocycles. The number of amides is 2. The SMILES string of the molecule is CCCN(CC(=O)Nc1cc(C(C)(C)C)nn1-c1ccccc1Cl)C(=O)c1ccccc1OC. The van der Waals surface area contributed by atoms with Crippen molar-refractivity contribution in [1.29, 1.82) is 0 Å². The van der Waals surface area contributed by atoms with Gasteiger partial charge in [0.15, 0.2) is 0 Å². The lowest BCUT2D eigenvalue weighted by Gasteiger charge is -2.22. The number of anilines is 1. The first-order chi connectivity index (χ1) is 16.2. The molecule has 0 spiro atoms. The van der Waals surface area contributed by atoms with Crippen molar-refractivity contribution in [3.8, 4) is 11.4 Å². The fourth-order valence-corrected chi connectivity index (χ4v) is 3.73. The van der Waals surface area contributed by atoms with E-state index in [1.54, 1.807) is 35.0 Å². The van der Waals surface area contributed by atoms with Crippen molar-refractivity contribution in [1.82, 2.24) is 14.7 Å². The van der Waals surface area contributed by atoms with Gasteiger partial charge in [-0.2, -0.15) is 5.10 Å². The second-order valence-electron chi connectivity index (χ2n) is 9.00. The van der Waals surface area contributed by atoms with E-state index >= 15 is 0 Å². The van der Waals surface area contributed by atoms with Gasteiger partial charge in [-0.3, -0.25) is 9.59 Å². The lowest BCUT2D eigenvalue weighted by atomic mass is 9.92. The summed E-state index contributed by atoms with van der Waals surface area (Å²) in [6.45, 7) is 8.43. The van der Waals surface area contributed by atoms with Crippen molar-refractivity contribution < 1.29 is 14.3 Å². The highest BCUT2D eigenvalue weighted by atomic mass is 35.5. The van der Waals surface area contributed by atoms with E-state index in [0.717, 1.165) is 5.69 Å². The lowest BCUT2D eigenvalue weighted by molar-refractivity contribution is -0.116. The molecule has 180 valence electrons. The zero-order chi connectivity index (χ0) is 24.9. The third kappa shape index (κ3) is 5.78. The number of aromatic nitrogens is 2. The van der Waals surface area contributed by atoms with Gasteiger partial charge in [-0.15, -0.1) is 0 Å². The van der Waals surface area contributed by atoms with Crippen LogP contribution in [0.5, 0.6) is 5.75 Å². The van der Waals surface area contributed by atoms with Crippen LogP contribution in [0.3, 0.4) is 0 Å². The summed E-state index contributed by atoms with van der Waals surface area (Å²) in [6.07, 6.45) is 0.708. The van der Waals surface area contributed by atoms with Crippen molar-refractivity contribution in [3.63, 3.8) is 0 Å². The lowest BCUT2D eigenvalue weighted by Crippen LogP contribution is -2.39. The molecule has 3 rings (SSSR count). The zero-order valence-electron chi connectivity index (χ0n) is 20.3. The monoisotopic (exact) mass is 482 g/mol. The van der Waals surface area contributed by atoms with E-state index in [9.17, 15) is 9.59 Å². The average Bonchev–Trinajstić information content (AvgIpc) is 3.22. The summed E-state index contributed by atoms with van der Waals surface area (Å²) in [5, 5.41) is 8.15. The molecule has 8 heteroatoms. The van der Waals surface area contributed by atoms with Crippen LogP contribution in [-0.2, 0) is 10.2 Å². The number of ether oxygens (including phenoxy) is 1. The Labute approximate surface area is 205 Å². The number of carbonyl (C=O) groups excluding carboxylic acids is 2. The normalized spacial score (nSPS) is 11.2. The third-order valence-electron chi connectivity index (χ3n) is 5.28. The maximum atomic E-state index is 13.2. The van der Waals surface area contributed by atoms with E-state index in [1.807, 2.05) is 52.0 Å². The number of hydrogen-bond acceptors (Lipinski definition) is 4. The minimum Gasteiger partial charge on any atom is -0.496 e. The molecule has 0 saturated carbocycles. The van der Waals surface area contributed by atoms with E-state index in [1.165, 1.54) is 12.0 Å². The topological polar surface area (TPSA) is 76.5 Å². The Morgan fingerprint density at radius 2 is 1.79 bits per heavy atom. The fourth-order valence-electron chi connectivity index (χ4n) is 3.51. The maximum absolute atomic E-state index is 13.2. The maximum Gasteiger partial charge on any atom is 0.258 e. The van der Waals surface area contributed by atoms with E-state index in [4.69, 9.17) is 21.4 Å². The Bertz CT molecular complexity index is 1170. The van der Waals surface area contributed by atoms with Gasteiger partial charge in [-0.1, -0.05) is 63.6 Å². The molecule has 0 aliphatic heterocycles. The second kappa shape index (κ2) is 10.7. The van der Waals surface area contributed by atoms with Crippen molar-refractivity contribution in [2.75, 3.05) is 25.5 Å². The molecule has 0 aliphatic carbocycles. The van der Waals surface area contributed by atoms with Gasteiger partial charge in [0.25, 0.3) is 5.91 Å². The molecule has 0 unspecified atom stereocenters. The highest BCUT2D eigenvalue weighted by Crippen LogP contribution is 2.29. The molecule has 0 bridgehead atoms. The summed E-state index contributed by atoms with van der Waals surface area (Å²) in [5.41, 5.74) is 1.64. The van der Waals surface area contributed by atoms with Crippen LogP contribution in [0.2, 0.25) is 5.02 Å². The van der Waals surface area contributed by atoms with Gasteiger partial charge in [0.2, 0.25) is 5.91 Å². The molecule has 2 amide bonds. The predicted molar refractivity (Wildman–Crippen MR) is 135 cm³/mol. The quantitative estimate of drug-likeness (QED) is 0.471. The third-order valence-corrected chi connectivity index (χ3v) is 5.60. The smallest absolute Gasteiger partial charge is 0.258 e. The molecule has 34 heavy (non-hydrogen) atoms. The van der Waals surface area contributed by atoms with Gasteiger partial charge in [0.05, 0.1) is 29.1 Å². The molecule has 0 radical (unpaired) electrons. The van der Waals surface area contributed by atoms with Gasteiger partial charge in [-0.05, 0) is 30.7 Å². The van der Waals surface area contributed by atoms with Crippen LogP contribution in [0.4, 0.5) is 5.82 Å². The Balaban J connectivity index is 1.88. The highest BCUT2D eigenvalue weighted by Gasteiger charge is 2.24. The number of carbonyl (C=O) groups is 2. The molecular weight excluding hydrogens is 452 g/mol. The van der Waals surface area contributed by atoms with Crippen LogP contribution < -0.4 is 10.1 Å². The number of methoxy groups -OCH3 is 1. The molecular formula is C26H31ClN4O3. The highest BCUT2D eigenvalue weighted by molar-refractivity contribution is 6.32. The van der Waals surface area contributed by atoms with E-state index in [0.29, 0.717) is 40.8 Å². The molecule has 1 heterocycles. The summed E-state index contributed by atoms with van der Waals surface area (Å²) in [5.74, 6) is 0.375. The minimum absolute atomic E-state index is 0.108. The van der Waals surface area contributed by atoms with E-state index in [2.05, 4.69) is 5.32 Å². The molecule has 1 aromatic heterocycles. The van der Waals surface area contributed by atoms with Crippen LogP contribution in [0.1, 0.15) is 50.2 Å². The minimum atomic E-state index is -0.328. The first-order valence-corrected chi connectivity index (χ1v) is 11.6. The largest absolute Gasteiger partial charge is 0.496 e. The summed E-state index contributed by atoms with van der Waals surface area (Å²) in [6, 6.07) is 16.2. The van der Waals surface area contributed by atoms with E-state index < -0.39 is 0 Å². The summed E-state index contributed by atoms with van der Waals surface area (Å²) in [4.78, 5) is 27.8. The van der Waals surface area contributed by atoms with Crippen LogP contribution in [0, 0.1) is 0 Å². The number of nitrogens with one attached hydrogen (secondary N) is 1. The standard InChI is InChI=1S/C26H31ClN4O3/c1-6-15-30(25(33)18-11-7-10-14-21(18)34-5)17-24(32)28-23-16-22(26(2,3)4)29-31(23)20-13-9-8-12-19(20)27/h7-14,16H,6,15,17H2,1-5H3,(H,28,32). The van der Waals surface area contributed by atoms with Crippen LogP contribution >= 0.6 is 11.6 Å². The molecule has 7 nitrogen and oxygen atoms in total. The van der Waals surface area contributed by atoms with E-state index in [-0.39, 0.29) is 23.8 Å². The van der Waals surface area contributed by atoms with Gasteiger partial charge >= 0.3 is 0 Å². The fraction of sp³-hybridized carbons (Fsp3) is 0.346. The number of benzene rings is 2. The zero-order valence-corrected chi connectivity index (χ0v) is 21.0. The van der Waals surface area contributed by atoms with Gasteiger partial charge < -0.3 is 15.0 Å². The molecule has 0 fully saturated rings. The average molecular weight is 483 g/mol. The van der Waals surface area contributed by atoms with Crippen LogP contribution in [0.15, 0.2) is 54.6 Å². The number of nitrogens with zero attached hydrogens (tertiary/aromatic N) is 3. The summed E-state index contributed by atoms with van der Waals surface area (Å²) in [7, 11) is 1.52. The van der Waals surface area contributed by atoms with Crippen LogP contribution in [0.25, 0.3) is 5.69 Å².